The molecule has 0 N–H and O–H groups in total. The summed E-state index contributed by atoms with van der Waals surface area (Å²) in [6.45, 7) is 5.83. The number of rotatable bonds is 1. The summed E-state index contributed by atoms with van der Waals surface area (Å²) in [5.74, 6) is 0. The van der Waals surface area contributed by atoms with Crippen molar-refractivity contribution in [3.05, 3.63) is 45.3 Å². The van der Waals surface area contributed by atoms with Crippen molar-refractivity contribution in [2.24, 2.45) is 0 Å². The number of benzene rings is 1. The molecule has 0 fully saturated rings. The smallest absolute Gasteiger partial charge is 0.118 e. The Morgan fingerprint density at radius 1 is 0.900 bits per heavy atom. The van der Waals surface area contributed by atoms with Crippen LogP contribution in [0.5, 0.6) is 0 Å². The normalized spacial score (nSPS) is 11.2. The van der Waals surface area contributed by atoms with Gasteiger partial charge in [0.05, 0.1) is 22.8 Å². The summed E-state index contributed by atoms with van der Waals surface area (Å²) in [6.07, 6.45) is 0. The van der Waals surface area contributed by atoms with Gasteiger partial charge >= 0.3 is 0 Å². The van der Waals surface area contributed by atoms with Gasteiger partial charge in [-0.25, -0.2) is 4.68 Å². The van der Waals surface area contributed by atoms with Crippen molar-refractivity contribution in [1.82, 2.24) is 20.0 Å². The van der Waals surface area contributed by atoms with Crippen molar-refractivity contribution < 1.29 is 0 Å². The van der Waals surface area contributed by atoms with Gasteiger partial charge in [-0.15, -0.1) is 0 Å². The molecule has 102 valence electrons. The summed E-state index contributed by atoms with van der Waals surface area (Å²) < 4.78 is 1.83. The van der Waals surface area contributed by atoms with Crippen LogP contribution in [0.4, 0.5) is 0 Å². The largest absolute Gasteiger partial charge is 0.237 e. The van der Waals surface area contributed by atoms with E-state index in [9.17, 15) is 0 Å². The highest BCUT2D eigenvalue weighted by Crippen LogP contribution is 2.27. The van der Waals surface area contributed by atoms with E-state index in [1.165, 1.54) is 0 Å². The van der Waals surface area contributed by atoms with E-state index in [1.807, 2.05) is 37.6 Å². The third-order valence-electron chi connectivity index (χ3n) is 3.26. The van der Waals surface area contributed by atoms with Gasteiger partial charge in [0.2, 0.25) is 0 Å². The van der Waals surface area contributed by atoms with Crippen molar-refractivity contribution in [1.29, 1.82) is 0 Å². The highest BCUT2D eigenvalue weighted by molar-refractivity contribution is 6.34. The first-order valence-corrected chi connectivity index (χ1v) is 6.88. The molecule has 0 radical (unpaired) electrons. The number of nitrogens with zero attached hydrogens (tertiary/aromatic N) is 4. The lowest BCUT2D eigenvalue weighted by Gasteiger charge is -2.05. The van der Waals surface area contributed by atoms with Crippen LogP contribution in [0.2, 0.25) is 10.0 Å². The van der Waals surface area contributed by atoms with Crippen LogP contribution in [0.3, 0.4) is 0 Å². The molecule has 2 aromatic heterocycles. The molecule has 0 unspecified atom stereocenters. The lowest BCUT2D eigenvalue weighted by atomic mass is 10.2. The molecular weight excluding hydrogens is 295 g/mol. The highest BCUT2D eigenvalue weighted by Gasteiger charge is 2.15. The van der Waals surface area contributed by atoms with Gasteiger partial charge in [-0.2, -0.15) is 15.3 Å². The monoisotopic (exact) mass is 306 g/mol. The molecular formula is C14H12Cl2N4. The molecule has 6 heteroatoms. The summed E-state index contributed by atoms with van der Waals surface area (Å²) in [6, 6.07) is 5.36. The van der Waals surface area contributed by atoms with Gasteiger partial charge in [0.1, 0.15) is 5.52 Å². The molecule has 0 atom stereocenters. The zero-order valence-corrected chi connectivity index (χ0v) is 12.8. The second-order valence-corrected chi connectivity index (χ2v) is 5.59. The zero-order chi connectivity index (χ0) is 14.4. The number of hydrogen-bond donors (Lipinski definition) is 0. The number of fused-ring (bicyclic) bond motifs is 1. The Bertz CT molecular complexity index is 803. The molecule has 1 aromatic carbocycles. The molecule has 0 aliphatic rings. The molecule has 3 aromatic rings. The predicted octanol–water partition coefficient (Wildman–Crippen LogP) is 4.05. The van der Waals surface area contributed by atoms with Crippen LogP contribution < -0.4 is 0 Å². The van der Waals surface area contributed by atoms with Crippen molar-refractivity contribution in [2.45, 2.75) is 20.8 Å². The Kier molecular flexibility index (Phi) is 3.15. The van der Waals surface area contributed by atoms with E-state index in [1.54, 1.807) is 6.07 Å². The minimum absolute atomic E-state index is 0.580. The second-order valence-electron chi connectivity index (χ2n) is 4.72. The molecule has 0 aliphatic carbocycles. The number of halogens is 2. The maximum absolute atomic E-state index is 6.06. The van der Waals surface area contributed by atoms with Crippen molar-refractivity contribution in [3.63, 3.8) is 0 Å². The molecule has 0 aliphatic heterocycles. The fourth-order valence-electron chi connectivity index (χ4n) is 2.35. The van der Waals surface area contributed by atoms with E-state index in [0.717, 1.165) is 33.7 Å². The lowest BCUT2D eigenvalue weighted by molar-refractivity contribution is 0.858. The fourth-order valence-corrected chi connectivity index (χ4v) is 2.86. The summed E-state index contributed by atoms with van der Waals surface area (Å²) in [5, 5.41) is 15.1. The average molecular weight is 307 g/mol. The minimum atomic E-state index is 0.580. The summed E-state index contributed by atoms with van der Waals surface area (Å²) in [5.41, 5.74) is 4.35. The van der Waals surface area contributed by atoms with Gasteiger partial charge in [0.15, 0.2) is 0 Å². The Morgan fingerprint density at radius 2 is 1.50 bits per heavy atom. The Hall–Kier alpha value is -1.65. The van der Waals surface area contributed by atoms with Crippen molar-refractivity contribution >= 4 is 34.1 Å². The molecule has 0 saturated heterocycles. The van der Waals surface area contributed by atoms with Crippen LogP contribution >= 0.6 is 23.2 Å². The van der Waals surface area contributed by atoms with Crippen LogP contribution in [0, 0.1) is 20.8 Å². The second kappa shape index (κ2) is 4.72. The Balaban J connectivity index is 2.35. The van der Waals surface area contributed by atoms with E-state index in [4.69, 9.17) is 23.2 Å². The third kappa shape index (κ3) is 2.05. The zero-order valence-electron chi connectivity index (χ0n) is 11.3. The SMILES string of the molecule is Cc1nnc(C)c2c(C)n(-c3cc(Cl)cc(Cl)c3)nc12. The van der Waals surface area contributed by atoms with Crippen LogP contribution in [-0.4, -0.2) is 20.0 Å². The topological polar surface area (TPSA) is 43.6 Å². The minimum Gasteiger partial charge on any atom is -0.237 e. The number of aryl methyl sites for hydroxylation is 3. The van der Waals surface area contributed by atoms with Gasteiger partial charge in [0.25, 0.3) is 0 Å². The van der Waals surface area contributed by atoms with Crippen LogP contribution in [-0.2, 0) is 0 Å². The lowest BCUT2D eigenvalue weighted by Crippen LogP contribution is -1.98. The first-order valence-electron chi connectivity index (χ1n) is 6.13. The van der Waals surface area contributed by atoms with E-state index < -0.39 is 0 Å². The Labute approximate surface area is 126 Å². The molecule has 20 heavy (non-hydrogen) atoms. The van der Waals surface area contributed by atoms with Gasteiger partial charge in [-0.1, -0.05) is 23.2 Å². The van der Waals surface area contributed by atoms with Gasteiger partial charge < -0.3 is 0 Å². The fraction of sp³-hybridized carbons (Fsp3) is 0.214. The van der Waals surface area contributed by atoms with Gasteiger partial charge in [-0.3, -0.25) is 0 Å². The van der Waals surface area contributed by atoms with E-state index in [0.29, 0.717) is 10.0 Å². The predicted molar refractivity (Wildman–Crippen MR) is 80.9 cm³/mol. The van der Waals surface area contributed by atoms with Crippen LogP contribution in [0.1, 0.15) is 17.1 Å². The van der Waals surface area contributed by atoms with E-state index in [2.05, 4.69) is 15.3 Å². The third-order valence-corrected chi connectivity index (χ3v) is 3.70. The van der Waals surface area contributed by atoms with Gasteiger partial charge in [-0.05, 0) is 39.0 Å². The first-order chi connectivity index (χ1) is 9.47. The maximum atomic E-state index is 6.06. The standard InChI is InChI=1S/C14H12Cl2N4/c1-7-13-9(3)20(19-14(13)8(2)18-17-7)12-5-10(15)4-11(16)6-12/h4-6H,1-3H3. The van der Waals surface area contributed by atoms with Crippen molar-refractivity contribution in [3.8, 4) is 5.69 Å². The molecule has 0 bridgehead atoms. The maximum Gasteiger partial charge on any atom is 0.118 e. The van der Waals surface area contributed by atoms with Crippen LogP contribution in [0.15, 0.2) is 18.2 Å². The highest BCUT2D eigenvalue weighted by atomic mass is 35.5. The van der Waals surface area contributed by atoms with E-state index >= 15 is 0 Å². The molecule has 3 rings (SSSR count). The molecule has 2 heterocycles. The van der Waals surface area contributed by atoms with Crippen molar-refractivity contribution in [2.75, 3.05) is 0 Å². The summed E-state index contributed by atoms with van der Waals surface area (Å²) in [4.78, 5) is 0. The first kappa shape index (κ1) is 13.3. The average Bonchev–Trinajstić information content (AvgIpc) is 2.72. The Morgan fingerprint density at radius 3 is 2.10 bits per heavy atom. The molecule has 0 saturated carbocycles. The van der Waals surface area contributed by atoms with Crippen LogP contribution in [0.25, 0.3) is 16.6 Å². The molecule has 4 nitrogen and oxygen atoms in total. The molecule has 0 amide bonds. The summed E-state index contributed by atoms with van der Waals surface area (Å²) >= 11 is 12.1. The van der Waals surface area contributed by atoms with Gasteiger partial charge in [0, 0.05) is 15.4 Å². The summed E-state index contributed by atoms with van der Waals surface area (Å²) in [7, 11) is 0. The number of hydrogen-bond acceptors (Lipinski definition) is 3. The quantitative estimate of drug-likeness (QED) is 0.681. The van der Waals surface area contributed by atoms with E-state index in [-0.39, 0.29) is 0 Å². The molecule has 0 spiro atoms. The number of aromatic nitrogens is 4.